The summed E-state index contributed by atoms with van der Waals surface area (Å²) in [5.41, 5.74) is 2.32. The first-order valence-corrected chi connectivity index (χ1v) is 15.2. The second kappa shape index (κ2) is 20.4. The van der Waals surface area contributed by atoms with Crippen molar-refractivity contribution in [3.8, 4) is 0 Å². The summed E-state index contributed by atoms with van der Waals surface area (Å²) in [4.78, 5) is 24.3. The molecule has 0 radical (unpaired) electrons. The quantitative estimate of drug-likeness (QED) is 0.161. The van der Waals surface area contributed by atoms with Gasteiger partial charge in [0.1, 0.15) is 0 Å². The normalized spacial score (nSPS) is 12.6. The van der Waals surface area contributed by atoms with E-state index in [1.54, 1.807) is 0 Å². The summed E-state index contributed by atoms with van der Waals surface area (Å²) in [7, 11) is 0. The van der Waals surface area contributed by atoms with Crippen LogP contribution in [0.3, 0.4) is 0 Å². The van der Waals surface area contributed by atoms with Crippen molar-refractivity contribution in [1.29, 1.82) is 0 Å². The Morgan fingerprint density at radius 1 is 0.474 bits per heavy atom. The average molecular weight is 521 g/mol. The van der Waals surface area contributed by atoms with Gasteiger partial charge in [-0.05, 0) is 37.8 Å². The zero-order chi connectivity index (χ0) is 27.3. The average Bonchev–Trinajstić information content (AvgIpc) is 2.93. The number of unbranched alkanes of at least 4 members (excludes halogenated alkanes) is 13. The molecular formula is C34H52N2O2. The second-order valence-electron chi connectivity index (χ2n) is 10.8. The van der Waals surface area contributed by atoms with Crippen molar-refractivity contribution in [2.24, 2.45) is 0 Å². The Bertz CT molecular complexity index is 795. The van der Waals surface area contributed by atoms with Gasteiger partial charge < -0.3 is 10.6 Å². The topological polar surface area (TPSA) is 58.2 Å². The molecule has 0 aliphatic heterocycles. The largest absolute Gasteiger partial charge is 0.350 e. The highest BCUT2D eigenvalue weighted by molar-refractivity contribution is 5.76. The van der Waals surface area contributed by atoms with Crippen LogP contribution in [-0.4, -0.2) is 11.8 Å². The fourth-order valence-corrected chi connectivity index (χ4v) is 4.97. The van der Waals surface area contributed by atoms with E-state index in [0.29, 0.717) is 12.8 Å². The lowest BCUT2D eigenvalue weighted by Crippen LogP contribution is -2.26. The molecule has 2 amide bonds. The molecule has 2 N–H and O–H groups in total. The third-order valence-electron chi connectivity index (χ3n) is 7.41. The van der Waals surface area contributed by atoms with E-state index in [1.807, 2.05) is 50.2 Å². The van der Waals surface area contributed by atoms with Crippen molar-refractivity contribution in [3.05, 3.63) is 71.8 Å². The van der Waals surface area contributed by atoms with Gasteiger partial charge in [-0.25, -0.2) is 0 Å². The molecular weight excluding hydrogens is 468 g/mol. The maximum absolute atomic E-state index is 12.1. The van der Waals surface area contributed by atoms with E-state index in [9.17, 15) is 9.59 Å². The minimum absolute atomic E-state index is 0.0799. The molecule has 0 fully saturated rings. The first kappa shape index (κ1) is 31.6. The Morgan fingerprint density at radius 3 is 1.03 bits per heavy atom. The van der Waals surface area contributed by atoms with Crippen LogP contribution in [-0.2, 0) is 9.59 Å². The third kappa shape index (κ3) is 15.0. The van der Waals surface area contributed by atoms with E-state index < -0.39 is 0 Å². The second-order valence-corrected chi connectivity index (χ2v) is 10.8. The number of amides is 2. The number of carbonyl (C=O) groups excluding carboxylic acids is 2. The van der Waals surface area contributed by atoms with E-state index in [0.717, 1.165) is 36.8 Å². The molecule has 4 heteroatoms. The Morgan fingerprint density at radius 2 is 0.737 bits per heavy atom. The van der Waals surface area contributed by atoms with Gasteiger partial charge in [0, 0.05) is 12.8 Å². The van der Waals surface area contributed by atoms with Crippen molar-refractivity contribution in [2.45, 2.75) is 129 Å². The van der Waals surface area contributed by atoms with Crippen molar-refractivity contribution in [2.75, 3.05) is 0 Å². The fraction of sp³-hybridized carbons (Fsp3) is 0.588. The molecule has 4 nitrogen and oxygen atoms in total. The van der Waals surface area contributed by atoms with Gasteiger partial charge in [-0.15, -0.1) is 0 Å². The van der Waals surface area contributed by atoms with E-state index in [2.05, 4.69) is 34.9 Å². The molecule has 0 bridgehead atoms. The van der Waals surface area contributed by atoms with Crippen molar-refractivity contribution >= 4 is 11.8 Å². The lowest BCUT2D eigenvalue weighted by molar-refractivity contribution is -0.122. The number of carbonyl (C=O) groups is 2. The van der Waals surface area contributed by atoms with Crippen LogP contribution in [0.5, 0.6) is 0 Å². The van der Waals surface area contributed by atoms with Crippen molar-refractivity contribution < 1.29 is 9.59 Å². The molecule has 0 spiro atoms. The summed E-state index contributed by atoms with van der Waals surface area (Å²) in [5, 5.41) is 6.21. The lowest BCUT2D eigenvalue weighted by atomic mass is 10.0. The SMILES string of the molecule is C[C@H](NC(=O)CCCCCCCCCCCCCCCCC(=O)N[C@@H](C)c1ccccc1)c1ccccc1. The van der Waals surface area contributed by atoms with E-state index in [1.165, 1.54) is 64.2 Å². The molecule has 0 saturated carbocycles. The number of benzene rings is 2. The van der Waals surface area contributed by atoms with E-state index in [-0.39, 0.29) is 23.9 Å². The van der Waals surface area contributed by atoms with Crippen LogP contribution >= 0.6 is 0 Å². The van der Waals surface area contributed by atoms with Gasteiger partial charge in [-0.2, -0.15) is 0 Å². The summed E-state index contributed by atoms with van der Waals surface area (Å²) in [6, 6.07) is 20.5. The molecule has 0 heterocycles. The Balaban J connectivity index is 1.30. The van der Waals surface area contributed by atoms with Crippen LogP contribution < -0.4 is 10.6 Å². The summed E-state index contributed by atoms with van der Waals surface area (Å²) < 4.78 is 0. The van der Waals surface area contributed by atoms with E-state index >= 15 is 0 Å². The van der Waals surface area contributed by atoms with Crippen LogP contribution in [0.2, 0.25) is 0 Å². The highest BCUT2D eigenvalue weighted by Crippen LogP contribution is 2.16. The molecule has 2 aromatic carbocycles. The van der Waals surface area contributed by atoms with Gasteiger partial charge in [-0.1, -0.05) is 138 Å². The molecule has 0 aromatic heterocycles. The van der Waals surface area contributed by atoms with Crippen molar-refractivity contribution in [1.82, 2.24) is 10.6 Å². The summed E-state index contributed by atoms with van der Waals surface area (Å²) in [6.45, 7) is 4.09. The molecule has 210 valence electrons. The molecule has 2 rings (SSSR count). The first-order chi connectivity index (χ1) is 18.6. The maximum atomic E-state index is 12.1. The van der Waals surface area contributed by atoms with Crippen LogP contribution in [0.15, 0.2) is 60.7 Å². The third-order valence-corrected chi connectivity index (χ3v) is 7.41. The zero-order valence-corrected chi connectivity index (χ0v) is 24.1. The lowest BCUT2D eigenvalue weighted by Gasteiger charge is -2.14. The van der Waals surface area contributed by atoms with Crippen LogP contribution in [0.4, 0.5) is 0 Å². The molecule has 38 heavy (non-hydrogen) atoms. The standard InChI is InChI=1S/C34H52N2O2/c1-29(31-23-17-15-18-24-31)35-33(37)27-21-13-11-9-7-5-3-4-6-8-10-12-14-22-28-34(38)36-30(2)32-25-19-16-20-26-32/h15-20,23-26,29-30H,3-14,21-22,27-28H2,1-2H3,(H,35,37)(H,36,38)/t29-,30-/m0/s1. The van der Waals surface area contributed by atoms with Gasteiger partial charge >= 0.3 is 0 Å². The Hall–Kier alpha value is -2.62. The number of hydrogen-bond donors (Lipinski definition) is 2. The molecule has 2 aromatic rings. The Kier molecular flexibility index (Phi) is 16.9. The number of rotatable bonds is 21. The summed E-state index contributed by atoms with van der Waals surface area (Å²) in [5.74, 6) is 0.334. The van der Waals surface area contributed by atoms with Crippen LogP contribution in [0.25, 0.3) is 0 Å². The van der Waals surface area contributed by atoms with Crippen LogP contribution in [0.1, 0.15) is 140 Å². The van der Waals surface area contributed by atoms with Crippen molar-refractivity contribution in [3.63, 3.8) is 0 Å². The molecule has 0 aliphatic carbocycles. The predicted molar refractivity (Wildman–Crippen MR) is 160 cm³/mol. The minimum Gasteiger partial charge on any atom is -0.350 e. The number of nitrogens with one attached hydrogen (secondary N) is 2. The van der Waals surface area contributed by atoms with Gasteiger partial charge in [0.15, 0.2) is 0 Å². The predicted octanol–water partition coefficient (Wildman–Crippen LogP) is 8.98. The summed E-state index contributed by atoms with van der Waals surface area (Å²) >= 11 is 0. The smallest absolute Gasteiger partial charge is 0.220 e. The van der Waals surface area contributed by atoms with Gasteiger partial charge in [0.05, 0.1) is 12.1 Å². The number of hydrogen-bond acceptors (Lipinski definition) is 2. The molecule has 2 atom stereocenters. The monoisotopic (exact) mass is 520 g/mol. The Labute approximate surface area is 232 Å². The highest BCUT2D eigenvalue weighted by Gasteiger charge is 2.09. The van der Waals surface area contributed by atoms with Gasteiger partial charge in [0.25, 0.3) is 0 Å². The highest BCUT2D eigenvalue weighted by atomic mass is 16.2. The minimum atomic E-state index is 0.0799. The molecule has 0 unspecified atom stereocenters. The zero-order valence-electron chi connectivity index (χ0n) is 24.1. The molecule has 0 saturated heterocycles. The summed E-state index contributed by atoms with van der Waals surface area (Å²) in [6.07, 6.45) is 18.6. The molecule has 0 aliphatic rings. The van der Waals surface area contributed by atoms with Crippen LogP contribution in [0, 0.1) is 0 Å². The van der Waals surface area contributed by atoms with Gasteiger partial charge in [0.2, 0.25) is 11.8 Å². The first-order valence-electron chi connectivity index (χ1n) is 15.2. The van der Waals surface area contributed by atoms with Gasteiger partial charge in [-0.3, -0.25) is 9.59 Å². The van der Waals surface area contributed by atoms with E-state index in [4.69, 9.17) is 0 Å². The maximum Gasteiger partial charge on any atom is 0.220 e. The fourth-order valence-electron chi connectivity index (χ4n) is 4.97.